The van der Waals surface area contributed by atoms with Crippen LogP contribution < -0.4 is 17.0 Å². The first-order valence-electron chi connectivity index (χ1n) is 8.37. The molecule has 2 N–H and O–H groups in total. The zero-order chi connectivity index (χ0) is 23.0. The molecule has 0 radical (unpaired) electrons. The summed E-state index contributed by atoms with van der Waals surface area (Å²) < 4.78 is 83.9. The van der Waals surface area contributed by atoms with E-state index < -0.39 is 34.7 Å². The SMILES string of the molecule is Nc1ccc2c(C(F)(F)F)cc(=O)oc2c1.O=c1oc2ccccc2cc1C(F)(F)F. The highest BCUT2D eigenvalue weighted by Gasteiger charge is 2.35. The van der Waals surface area contributed by atoms with Crippen LogP contribution in [0.4, 0.5) is 32.0 Å². The van der Waals surface area contributed by atoms with E-state index in [1.807, 2.05) is 0 Å². The molecular weight excluding hydrogens is 432 g/mol. The summed E-state index contributed by atoms with van der Waals surface area (Å²) in [7, 11) is 0. The van der Waals surface area contributed by atoms with Gasteiger partial charge in [-0.25, -0.2) is 9.59 Å². The molecule has 0 aliphatic heterocycles. The van der Waals surface area contributed by atoms with Gasteiger partial charge in [-0.1, -0.05) is 18.2 Å². The van der Waals surface area contributed by atoms with E-state index in [1.54, 1.807) is 12.1 Å². The number of benzene rings is 2. The predicted molar refractivity (Wildman–Crippen MR) is 99.4 cm³/mol. The van der Waals surface area contributed by atoms with Crippen molar-refractivity contribution in [2.24, 2.45) is 0 Å². The standard InChI is InChI=1S/C10H6F3NO2.C10H5F3O2/c11-10(12,13)7-4-9(15)16-8-3-5(14)1-2-6(7)8;11-10(12,13)7-5-6-3-1-2-4-8(6)15-9(7)14/h1-4H,14H2;1-5H. The molecule has 0 aliphatic rings. The van der Waals surface area contributed by atoms with Gasteiger partial charge in [-0.3, -0.25) is 0 Å². The molecule has 0 saturated heterocycles. The largest absolute Gasteiger partial charge is 0.423 e. The topological polar surface area (TPSA) is 86.4 Å². The Morgan fingerprint density at radius 3 is 2.00 bits per heavy atom. The van der Waals surface area contributed by atoms with E-state index in [2.05, 4.69) is 8.83 Å². The van der Waals surface area contributed by atoms with E-state index in [-0.39, 0.29) is 27.6 Å². The highest BCUT2D eigenvalue weighted by molar-refractivity contribution is 5.83. The van der Waals surface area contributed by atoms with Gasteiger partial charge in [0.2, 0.25) is 0 Å². The second kappa shape index (κ2) is 7.82. The lowest BCUT2D eigenvalue weighted by molar-refractivity contribution is -0.139. The van der Waals surface area contributed by atoms with Gasteiger partial charge in [-0.05, 0) is 24.3 Å². The minimum absolute atomic E-state index is 0.149. The third kappa shape index (κ3) is 4.87. The lowest BCUT2D eigenvalue weighted by Gasteiger charge is -2.08. The van der Waals surface area contributed by atoms with Crippen LogP contribution in [0.25, 0.3) is 21.9 Å². The number of fused-ring (bicyclic) bond motifs is 2. The number of halogens is 6. The number of anilines is 1. The van der Waals surface area contributed by atoms with Crippen molar-refractivity contribution in [3.8, 4) is 0 Å². The van der Waals surface area contributed by atoms with Crippen LogP contribution >= 0.6 is 0 Å². The van der Waals surface area contributed by atoms with Gasteiger partial charge in [-0.2, -0.15) is 26.3 Å². The van der Waals surface area contributed by atoms with Crippen molar-refractivity contribution in [2.75, 3.05) is 5.73 Å². The molecular formula is C20H11F6NO4. The maximum atomic E-state index is 12.6. The fourth-order valence-electron chi connectivity index (χ4n) is 2.67. The van der Waals surface area contributed by atoms with Gasteiger partial charge in [0, 0.05) is 28.6 Å². The van der Waals surface area contributed by atoms with Crippen molar-refractivity contribution in [2.45, 2.75) is 12.4 Å². The molecule has 0 aliphatic carbocycles. The van der Waals surface area contributed by atoms with Crippen LogP contribution in [0.15, 0.2) is 73.0 Å². The van der Waals surface area contributed by atoms with Crippen LogP contribution in [0.2, 0.25) is 0 Å². The van der Waals surface area contributed by atoms with Crippen molar-refractivity contribution >= 4 is 27.6 Å². The zero-order valence-electron chi connectivity index (χ0n) is 15.2. The fourth-order valence-corrected chi connectivity index (χ4v) is 2.67. The average molecular weight is 443 g/mol. The van der Waals surface area contributed by atoms with Crippen LogP contribution in [0, 0.1) is 0 Å². The number of alkyl halides is 6. The molecule has 4 aromatic rings. The van der Waals surface area contributed by atoms with Crippen LogP contribution in [0.1, 0.15) is 11.1 Å². The Morgan fingerprint density at radius 2 is 1.35 bits per heavy atom. The van der Waals surface area contributed by atoms with Crippen molar-refractivity contribution in [1.82, 2.24) is 0 Å². The van der Waals surface area contributed by atoms with Gasteiger partial charge in [0.25, 0.3) is 0 Å². The molecule has 5 nitrogen and oxygen atoms in total. The molecule has 2 heterocycles. The Morgan fingerprint density at radius 1 is 0.710 bits per heavy atom. The average Bonchev–Trinajstić information content (AvgIpc) is 2.65. The summed E-state index contributed by atoms with van der Waals surface area (Å²) in [4.78, 5) is 21.9. The first-order valence-corrected chi connectivity index (χ1v) is 8.37. The Labute approximate surface area is 168 Å². The Hall–Kier alpha value is -3.76. The minimum Gasteiger partial charge on any atom is -0.423 e. The Bertz CT molecular complexity index is 1370. The van der Waals surface area contributed by atoms with E-state index in [9.17, 15) is 35.9 Å². The van der Waals surface area contributed by atoms with Crippen molar-refractivity contribution in [3.05, 3.63) is 86.6 Å². The van der Waals surface area contributed by atoms with Gasteiger partial charge in [0.15, 0.2) is 0 Å². The molecule has 0 atom stereocenters. The second-order valence-corrected chi connectivity index (χ2v) is 6.22. The van der Waals surface area contributed by atoms with Gasteiger partial charge in [0.1, 0.15) is 16.7 Å². The monoisotopic (exact) mass is 443 g/mol. The van der Waals surface area contributed by atoms with Crippen LogP contribution in [0.5, 0.6) is 0 Å². The summed E-state index contributed by atoms with van der Waals surface area (Å²) in [5.74, 6) is 0. The third-order valence-corrected chi connectivity index (χ3v) is 4.02. The number of hydrogen-bond donors (Lipinski definition) is 1. The van der Waals surface area contributed by atoms with E-state index in [0.29, 0.717) is 6.07 Å². The third-order valence-electron chi connectivity index (χ3n) is 4.02. The normalized spacial score (nSPS) is 11.9. The summed E-state index contributed by atoms with van der Waals surface area (Å²) in [5.41, 5.74) is 0.901. The van der Waals surface area contributed by atoms with E-state index in [1.165, 1.54) is 30.3 Å². The molecule has 0 fully saturated rings. The smallest absolute Gasteiger partial charge is 0.423 e. The van der Waals surface area contributed by atoms with Crippen LogP contribution in [-0.4, -0.2) is 0 Å². The first-order chi connectivity index (χ1) is 14.4. The first kappa shape index (κ1) is 21.9. The minimum atomic E-state index is -4.68. The predicted octanol–water partition coefficient (Wildman–Crippen LogP) is 5.21. The molecule has 0 bridgehead atoms. The molecule has 0 unspecified atom stereocenters. The van der Waals surface area contributed by atoms with Crippen LogP contribution in [0.3, 0.4) is 0 Å². The highest BCUT2D eigenvalue weighted by Crippen LogP contribution is 2.34. The molecule has 2 aromatic carbocycles. The second-order valence-electron chi connectivity index (χ2n) is 6.22. The summed E-state index contributed by atoms with van der Waals surface area (Å²) in [6.07, 6.45) is -9.27. The molecule has 0 spiro atoms. The molecule has 2 aromatic heterocycles. The number of nitrogen functional groups attached to an aromatic ring is 1. The lowest BCUT2D eigenvalue weighted by Crippen LogP contribution is -2.17. The van der Waals surface area contributed by atoms with Crippen molar-refractivity contribution in [3.63, 3.8) is 0 Å². The Kier molecular flexibility index (Phi) is 5.53. The lowest BCUT2D eigenvalue weighted by atomic mass is 10.1. The molecule has 0 amide bonds. The quantitative estimate of drug-likeness (QED) is 0.229. The fraction of sp³-hybridized carbons (Fsp3) is 0.100. The van der Waals surface area contributed by atoms with Gasteiger partial charge >= 0.3 is 23.6 Å². The number of rotatable bonds is 0. The number of para-hydroxylation sites is 1. The molecule has 11 heteroatoms. The molecule has 4 rings (SSSR count). The zero-order valence-corrected chi connectivity index (χ0v) is 15.2. The van der Waals surface area contributed by atoms with Gasteiger partial charge in [0.05, 0.1) is 5.56 Å². The molecule has 162 valence electrons. The van der Waals surface area contributed by atoms with Crippen molar-refractivity contribution in [1.29, 1.82) is 0 Å². The maximum Gasteiger partial charge on any atom is 0.423 e. The molecule has 31 heavy (non-hydrogen) atoms. The van der Waals surface area contributed by atoms with E-state index in [4.69, 9.17) is 5.73 Å². The molecule has 0 saturated carbocycles. The highest BCUT2D eigenvalue weighted by atomic mass is 19.4. The summed E-state index contributed by atoms with van der Waals surface area (Å²) >= 11 is 0. The van der Waals surface area contributed by atoms with Crippen molar-refractivity contribution < 1.29 is 35.2 Å². The summed E-state index contributed by atoms with van der Waals surface area (Å²) in [6, 6.07) is 10.9. The van der Waals surface area contributed by atoms with Gasteiger partial charge < -0.3 is 14.6 Å². The van der Waals surface area contributed by atoms with E-state index >= 15 is 0 Å². The Balaban J connectivity index is 0.000000176. The number of nitrogens with two attached hydrogens (primary N) is 1. The van der Waals surface area contributed by atoms with E-state index in [0.717, 1.165) is 6.07 Å². The van der Waals surface area contributed by atoms with Crippen LogP contribution in [-0.2, 0) is 12.4 Å². The number of hydrogen-bond acceptors (Lipinski definition) is 5. The maximum absolute atomic E-state index is 12.6. The summed E-state index contributed by atoms with van der Waals surface area (Å²) in [6.45, 7) is 0. The summed E-state index contributed by atoms with van der Waals surface area (Å²) in [5, 5.41) is 0.0747. The van der Waals surface area contributed by atoms with Gasteiger partial charge in [-0.15, -0.1) is 0 Å².